The second kappa shape index (κ2) is 16.4. The molecule has 2 aliphatic rings. The highest BCUT2D eigenvalue weighted by Crippen LogP contribution is 2.33. The van der Waals surface area contributed by atoms with E-state index in [1.54, 1.807) is 16.8 Å². The number of carbonyl (C=O) groups is 3. The number of benzene rings is 2. The first-order valence-corrected chi connectivity index (χ1v) is 19.6. The van der Waals surface area contributed by atoms with E-state index in [4.69, 9.17) is 10.3 Å². The summed E-state index contributed by atoms with van der Waals surface area (Å²) in [5.74, 6) is -5.20. The van der Waals surface area contributed by atoms with Crippen molar-refractivity contribution < 1.29 is 52.6 Å². The van der Waals surface area contributed by atoms with Crippen molar-refractivity contribution in [3.8, 4) is 5.75 Å². The van der Waals surface area contributed by atoms with Crippen molar-refractivity contribution in [1.29, 1.82) is 0 Å². The maximum absolute atomic E-state index is 13.8. The molecule has 1 aromatic heterocycles. The minimum atomic E-state index is -5.50. The van der Waals surface area contributed by atoms with Gasteiger partial charge in [-0.2, -0.15) is 16.8 Å². The molecular weight excluding hydrogens is 760 g/mol. The van der Waals surface area contributed by atoms with Crippen molar-refractivity contribution in [2.24, 2.45) is 5.73 Å². The number of alkyl halides is 2. The van der Waals surface area contributed by atoms with Gasteiger partial charge in [0, 0.05) is 76.1 Å². The van der Waals surface area contributed by atoms with Gasteiger partial charge in [-0.25, -0.2) is 8.78 Å². The fraction of sp³-hybridized carbons (Fsp3) is 0.455. The van der Waals surface area contributed by atoms with E-state index in [2.05, 4.69) is 19.4 Å². The number of anilines is 1. The minimum absolute atomic E-state index is 0.0434. The number of hydrogen-bond acceptors (Lipinski definition) is 12. The van der Waals surface area contributed by atoms with E-state index in [1.807, 2.05) is 0 Å². The SMILES string of the molecule is CN(CCCN1CCN(C(=O)C(N)Cc2ccc(S(=O)(=O)O)cc2)CC1)c1cc(OS(=O)(=O)F)c2nccc(C(=O)NCC(=O)N3CCC(F)(F)C3)c2c1. The molecule has 294 valence electrons. The van der Waals surface area contributed by atoms with Gasteiger partial charge in [0.25, 0.3) is 21.9 Å². The highest BCUT2D eigenvalue weighted by atomic mass is 32.3. The summed E-state index contributed by atoms with van der Waals surface area (Å²) in [7, 11) is -8.13. The molecule has 21 heteroatoms. The van der Waals surface area contributed by atoms with Gasteiger partial charge >= 0.3 is 10.5 Å². The second-order valence-electron chi connectivity index (χ2n) is 13.2. The van der Waals surface area contributed by atoms with Crippen LogP contribution < -0.4 is 20.1 Å². The molecule has 2 saturated heterocycles. The van der Waals surface area contributed by atoms with Gasteiger partial charge in [0.15, 0.2) is 5.75 Å². The summed E-state index contributed by atoms with van der Waals surface area (Å²) in [5, 5.41) is 2.49. The maximum atomic E-state index is 13.8. The molecule has 0 bridgehead atoms. The van der Waals surface area contributed by atoms with Crippen LogP contribution in [0.25, 0.3) is 10.9 Å². The molecule has 1 unspecified atom stereocenters. The van der Waals surface area contributed by atoms with E-state index in [0.717, 1.165) is 4.90 Å². The van der Waals surface area contributed by atoms with Gasteiger partial charge in [0.05, 0.1) is 29.6 Å². The Labute approximate surface area is 310 Å². The predicted molar refractivity (Wildman–Crippen MR) is 190 cm³/mol. The van der Waals surface area contributed by atoms with Crippen LogP contribution in [0.4, 0.5) is 18.4 Å². The van der Waals surface area contributed by atoms with Crippen molar-refractivity contribution in [1.82, 2.24) is 25.0 Å². The van der Waals surface area contributed by atoms with E-state index >= 15 is 0 Å². The van der Waals surface area contributed by atoms with Crippen LogP contribution in [0.5, 0.6) is 5.75 Å². The second-order valence-corrected chi connectivity index (χ2v) is 15.5. The van der Waals surface area contributed by atoms with Gasteiger partial charge in [0.2, 0.25) is 11.8 Å². The van der Waals surface area contributed by atoms with Crippen molar-refractivity contribution in [2.75, 3.05) is 70.9 Å². The highest BCUT2D eigenvalue weighted by molar-refractivity contribution is 7.85. The van der Waals surface area contributed by atoms with Crippen molar-refractivity contribution in [2.45, 2.75) is 36.1 Å². The number of likely N-dealkylation sites (tertiary alicyclic amines) is 1. The molecule has 3 aromatic rings. The molecule has 2 fully saturated rings. The van der Waals surface area contributed by atoms with Crippen LogP contribution >= 0.6 is 0 Å². The lowest BCUT2D eigenvalue weighted by molar-refractivity contribution is -0.134. The average Bonchev–Trinajstić information content (AvgIpc) is 3.48. The Morgan fingerprint density at radius 2 is 1.72 bits per heavy atom. The Balaban J connectivity index is 1.17. The van der Waals surface area contributed by atoms with Crippen LogP contribution in [-0.2, 0) is 36.6 Å². The zero-order valence-electron chi connectivity index (χ0n) is 29.2. The number of carbonyl (C=O) groups excluding carboxylic acids is 3. The molecule has 0 spiro atoms. The largest absolute Gasteiger partial charge is 0.488 e. The number of halogens is 3. The van der Waals surface area contributed by atoms with E-state index in [-0.39, 0.29) is 40.2 Å². The molecule has 2 aliphatic heterocycles. The summed E-state index contributed by atoms with van der Waals surface area (Å²) in [6.45, 7) is 1.59. The number of rotatable bonds is 14. The quantitative estimate of drug-likeness (QED) is 0.155. The number of hydrogen-bond donors (Lipinski definition) is 3. The monoisotopic (exact) mass is 799 g/mol. The number of piperazine rings is 1. The van der Waals surface area contributed by atoms with E-state index in [9.17, 15) is 43.9 Å². The summed E-state index contributed by atoms with van der Waals surface area (Å²) >= 11 is 0. The van der Waals surface area contributed by atoms with E-state index < -0.39 is 69.7 Å². The Hall–Kier alpha value is -4.57. The number of pyridine rings is 1. The number of amides is 3. The van der Waals surface area contributed by atoms with Crippen LogP contribution in [0.3, 0.4) is 0 Å². The molecule has 1 atom stereocenters. The molecule has 0 aliphatic carbocycles. The molecule has 4 N–H and O–H groups in total. The lowest BCUT2D eigenvalue weighted by Crippen LogP contribution is -2.53. The Morgan fingerprint density at radius 3 is 2.33 bits per heavy atom. The highest BCUT2D eigenvalue weighted by Gasteiger charge is 2.40. The predicted octanol–water partition coefficient (Wildman–Crippen LogP) is 1.21. The number of fused-ring (bicyclic) bond motifs is 1. The first-order chi connectivity index (χ1) is 25.3. The zero-order chi connectivity index (χ0) is 39.4. The molecule has 5 rings (SSSR count). The first kappa shape index (κ1) is 40.6. The summed E-state index contributed by atoms with van der Waals surface area (Å²) in [4.78, 5) is 49.0. The fourth-order valence-electron chi connectivity index (χ4n) is 6.33. The molecule has 16 nitrogen and oxygen atoms in total. The average molecular weight is 800 g/mol. The minimum Gasteiger partial charge on any atom is -0.374 e. The summed E-state index contributed by atoms with van der Waals surface area (Å²) < 4.78 is 100. The summed E-state index contributed by atoms with van der Waals surface area (Å²) in [6, 6.07) is 8.72. The third kappa shape index (κ3) is 10.6. The van der Waals surface area contributed by atoms with Crippen molar-refractivity contribution in [3.05, 3.63) is 59.8 Å². The van der Waals surface area contributed by atoms with Gasteiger partial charge in [-0.3, -0.25) is 28.8 Å². The van der Waals surface area contributed by atoms with E-state index in [1.165, 1.54) is 48.7 Å². The number of nitrogens with two attached hydrogens (primary N) is 1. The standard InChI is InChI=1S/C33H40F3N7O9S2/c1-40(10-2-11-41-13-15-42(16-14-41)32(46)27(37)17-22-3-5-24(6-4-22)53(47,48)49)23-18-26-25(7-9-38-30(26)28(19-23)52-54(36,50)51)31(45)39-20-29(44)43-12-8-33(34,35)21-43/h3-7,9,18-19,27H,2,8,10-17,20-21,37H2,1H3,(H,39,45)(H,47,48,49). The van der Waals surface area contributed by atoms with Crippen LogP contribution in [0.2, 0.25) is 0 Å². The van der Waals surface area contributed by atoms with Crippen LogP contribution in [-0.4, -0.2) is 137 Å². The van der Waals surface area contributed by atoms with Crippen LogP contribution in [0, 0.1) is 0 Å². The van der Waals surface area contributed by atoms with E-state index in [0.29, 0.717) is 56.9 Å². The normalized spacial score (nSPS) is 17.0. The zero-order valence-corrected chi connectivity index (χ0v) is 30.8. The van der Waals surface area contributed by atoms with Gasteiger partial charge < -0.3 is 29.9 Å². The Bertz CT molecular complexity index is 2100. The number of nitrogens with one attached hydrogen (secondary N) is 1. The topological polar surface area (TPSA) is 213 Å². The van der Waals surface area contributed by atoms with Gasteiger partial charge in [-0.05, 0) is 49.2 Å². The van der Waals surface area contributed by atoms with Gasteiger partial charge in [-0.1, -0.05) is 16.0 Å². The molecule has 0 radical (unpaired) electrons. The fourth-order valence-corrected chi connectivity index (χ4v) is 7.16. The number of aromatic nitrogens is 1. The van der Waals surface area contributed by atoms with Crippen molar-refractivity contribution in [3.63, 3.8) is 0 Å². The van der Waals surface area contributed by atoms with Crippen LogP contribution in [0.15, 0.2) is 53.6 Å². The molecule has 3 amide bonds. The summed E-state index contributed by atoms with van der Waals surface area (Å²) in [5.41, 5.74) is 6.97. The number of nitrogens with zero attached hydrogens (tertiary/aromatic N) is 5. The third-order valence-electron chi connectivity index (χ3n) is 9.24. The maximum Gasteiger partial charge on any atom is 0.488 e. The lowest BCUT2D eigenvalue weighted by Gasteiger charge is -2.36. The Kier molecular flexibility index (Phi) is 12.4. The molecule has 2 aromatic carbocycles. The van der Waals surface area contributed by atoms with Gasteiger partial charge in [-0.15, -0.1) is 0 Å². The first-order valence-electron chi connectivity index (χ1n) is 16.8. The van der Waals surface area contributed by atoms with Crippen molar-refractivity contribution >= 4 is 54.9 Å². The lowest BCUT2D eigenvalue weighted by atomic mass is 10.1. The molecular formula is C33H40F3N7O9S2. The third-order valence-corrected chi connectivity index (χ3v) is 10.5. The van der Waals surface area contributed by atoms with Gasteiger partial charge in [0.1, 0.15) is 5.52 Å². The molecule has 3 heterocycles. The summed E-state index contributed by atoms with van der Waals surface area (Å²) in [6.07, 6.45) is 1.49. The van der Waals surface area contributed by atoms with Crippen LogP contribution in [0.1, 0.15) is 28.8 Å². The molecule has 54 heavy (non-hydrogen) atoms. The smallest absolute Gasteiger partial charge is 0.374 e. The molecule has 0 saturated carbocycles. The Morgan fingerprint density at radius 1 is 1.04 bits per heavy atom.